The van der Waals surface area contributed by atoms with E-state index in [1.807, 2.05) is 24.3 Å². The van der Waals surface area contributed by atoms with Crippen molar-refractivity contribution in [1.29, 1.82) is 0 Å². The van der Waals surface area contributed by atoms with Gasteiger partial charge in [0.05, 0.1) is 45.3 Å². The largest absolute Gasteiger partial charge is 0.337 e. The van der Waals surface area contributed by atoms with Gasteiger partial charge in [0.25, 0.3) is 5.91 Å². The number of imide groups is 1. The van der Waals surface area contributed by atoms with Crippen molar-refractivity contribution < 1.29 is 19.4 Å². The number of rotatable bonds is 3. The molecule has 2 unspecified atom stereocenters. The minimum atomic E-state index is -0.241. The SMILES string of the molecule is C[NH+]1CCC([NH+](C)C2CC(=O)N(c3ccc(Br)cc3)C2=O)CC1. The molecule has 0 radical (unpaired) electrons. The minimum Gasteiger partial charge on any atom is -0.337 e. The van der Waals surface area contributed by atoms with Crippen LogP contribution in [-0.2, 0) is 9.59 Å². The third kappa shape index (κ3) is 3.34. The Hall–Kier alpha value is -1.24. The first kappa shape index (κ1) is 16.6. The summed E-state index contributed by atoms with van der Waals surface area (Å²) in [6.45, 7) is 2.29. The van der Waals surface area contributed by atoms with Gasteiger partial charge in [-0.2, -0.15) is 0 Å². The summed E-state index contributed by atoms with van der Waals surface area (Å²) < 4.78 is 0.938. The van der Waals surface area contributed by atoms with E-state index in [1.165, 1.54) is 9.80 Å². The van der Waals surface area contributed by atoms with Crippen molar-refractivity contribution in [2.24, 2.45) is 0 Å². The molecular formula is C17H24BrN3O2+2. The smallest absolute Gasteiger partial charge is 0.292 e. The van der Waals surface area contributed by atoms with Gasteiger partial charge in [0.2, 0.25) is 5.91 Å². The van der Waals surface area contributed by atoms with Gasteiger partial charge in [-0.3, -0.25) is 9.59 Å². The lowest BCUT2D eigenvalue weighted by atomic mass is 10.0. The van der Waals surface area contributed by atoms with Gasteiger partial charge in [0, 0.05) is 17.3 Å². The summed E-state index contributed by atoms with van der Waals surface area (Å²) in [6, 6.07) is 7.59. The molecule has 0 bridgehead atoms. The molecule has 2 fully saturated rings. The van der Waals surface area contributed by atoms with Gasteiger partial charge < -0.3 is 9.80 Å². The molecule has 2 heterocycles. The topological polar surface area (TPSA) is 46.3 Å². The van der Waals surface area contributed by atoms with E-state index in [2.05, 4.69) is 30.0 Å². The third-order valence-corrected chi connectivity index (χ3v) is 5.79. The van der Waals surface area contributed by atoms with E-state index in [9.17, 15) is 9.59 Å². The van der Waals surface area contributed by atoms with Gasteiger partial charge in [0.15, 0.2) is 6.04 Å². The van der Waals surface area contributed by atoms with Crippen molar-refractivity contribution >= 4 is 33.4 Å². The summed E-state index contributed by atoms with van der Waals surface area (Å²) in [7, 11) is 4.29. The summed E-state index contributed by atoms with van der Waals surface area (Å²) in [6.07, 6.45) is 2.56. The Morgan fingerprint density at radius 3 is 2.39 bits per heavy atom. The molecule has 2 N–H and O–H groups in total. The molecule has 2 amide bonds. The molecule has 1 aromatic rings. The van der Waals surface area contributed by atoms with Crippen LogP contribution < -0.4 is 14.7 Å². The van der Waals surface area contributed by atoms with E-state index in [0.29, 0.717) is 18.2 Å². The number of carbonyl (C=O) groups excluding carboxylic acids is 2. The second-order valence-electron chi connectivity index (χ2n) is 6.78. The predicted octanol–water partition coefficient (Wildman–Crippen LogP) is -0.727. The number of amides is 2. The van der Waals surface area contributed by atoms with Crippen LogP contribution in [0.4, 0.5) is 5.69 Å². The highest BCUT2D eigenvalue weighted by Gasteiger charge is 2.46. The maximum absolute atomic E-state index is 12.8. The van der Waals surface area contributed by atoms with E-state index in [4.69, 9.17) is 0 Å². The average Bonchev–Trinajstić information content (AvgIpc) is 2.83. The number of quaternary nitrogens is 2. The lowest BCUT2D eigenvalue weighted by Gasteiger charge is -2.33. The molecule has 1 aromatic carbocycles. The Morgan fingerprint density at radius 1 is 1.17 bits per heavy atom. The standard InChI is InChI=1S/C17H22BrN3O2/c1-19-9-7-13(8-10-19)20(2)15-11-16(22)21(17(15)23)14-5-3-12(18)4-6-14/h3-6,13,15H,7-11H2,1-2H3/p+2. The number of halogens is 1. The van der Waals surface area contributed by atoms with Crippen molar-refractivity contribution in [3.8, 4) is 0 Å². The molecule has 0 spiro atoms. The zero-order valence-electron chi connectivity index (χ0n) is 13.6. The number of piperidine rings is 1. The van der Waals surface area contributed by atoms with Crippen molar-refractivity contribution in [2.75, 3.05) is 32.1 Å². The zero-order chi connectivity index (χ0) is 16.6. The first-order valence-corrected chi connectivity index (χ1v) is 9.03. The average molecular weight is 382 g/mol. The third-order valence-electron chi connectivity index (χ3n) is 5.26. The molecular weight excluding hydrogens is 358 g/mol. The molecule has 23 heavy (non-hydrogen) atoms. The summed E-state index contributed by atoms with van der Waals surface area (Å²) in [5.41, 5.74) is 0.673. The van der Waals surface area contributed by atoms with Gasteiger partial charge >= 0.3 is 0 Å². The highest BCUT2D eigenvalue weighted by molar-refractivity contribution is 9.10. The molecule has 124 valence electrons. The molecule has 5 nitrogen and oxygen atoms in total. The van der Waals surface area contributed by atoms with E-state index in [0.717, 1.165) is 30.4 Å². The van der Waals surface area contributed by atoms with Crippen LogP contribution in [0.25, 0.3) is 0 Å². The Balaban J connectivity index is 1.74. The lowest BCUT2D eigenvalue weighted by Crippen LogP contribution is -3.21. The van der Waals surface area contributed by atoms with Gasteiger partial charge in [-0.1, -0.05) is 15.9 Å². The van der Waals surface area contributed by atoms with Crippen LogP contribution >= 0.6 is 15.9 Å². The van der Waals surface area contributed by atoms with Crippen molar-refractivity contribution in [2.45, 2.75) is 31.3 Å². The first-order chi connectivity index (χ1) is 11.0. The fourth-order valence-electron chi connectivity index (χ4n) is 3.70. The number of hydrogen-bond acceptors (Lipinski definition) is 2. The number of likely N-dealkylation sites (tertiary alicyclic amines) is 1. The Morgan fingerprint density at radius 2 is 1.78 bits per heavy atom. The van der Waals surface area contributed by atoms with Crippen LogP contribution in [0, 0.1) is 0 Å². The molecule has 0 aromatic heterocycles. The van der Waals surface area contributed by atoms with E-state index in [-0.39, 0.29) is 17.9 Å². The number of anilines is 1. The molecule has 2 aliphatic heterocycles. The first-order valence-electron chi connectivity index (χ1n) is 8.24. The molecule has 2 atom stereocenters. The molecule has 2 saturated heterocycles. The van der Waals surface area contributed by atoms with Crippen molar-refractivity contribution in [3.63, 3.8) is 0 Å². The fourth-order valence-corrected chi connectivity index (χ4v) is 3.96. The summed E-state index contributed by atoms with van der Waals surface area (Å²) >= 11 is 3.38. The predicted molar refractivity (Wildman–Crippen MR) is 91.6 cm³/mol. The molecule has 6 heteroatoms. The van der Waals surface area contributed by atoms with Crippen LogP contribution in [0.1, 0.15) is 19.3 Å². The van der Waals surface area contributed by atoms with Crippen molar-refractivity contribution in [3.05, 3.63) is 28.7 Å². The fraction of sp³-hybridized carbons (Fsp3) is 0.529. The van der Waals surface area contributed by atoms with Gasteiger partial charge in [-0.25, -0.2) is 4.90 Å². The molecule has 2 aliphatic rings. The quantitative estimate of drug-likeness (QED) is 0.678. The van der Waals surface area contributed by atoms with Crippen LogP contribution in [0.5, 0.6) is 0 Å². The Kier molecular flexibility index (Phi) is 4.85. The van der Waals surface area contributed by atoms with Gasteiger partial charge in [0.1, 0.15) is 0 Å². The minimum absolute atomic E-state index is 0.0545. The lowest BCUT2D eigenvalue weighted by molar-refractivity contribution is -0.948. The molecule has 0 aliphatic carbocycles. The molecule has 3 rings (SSSR count). The highest BCUT2D eigenvalue weighted by Crippen LogP contribution is 2.24. The molecule has 0 saturated carbocycles. The summed E-state index contributed by atoms with van der Waals surface area (Å²) in [5, 5.41) is 0. The van der Waals surface area contributed by atoms with E-state index < -0.39 is 0 Å². The number of hydrogen-bond donors (Lipinski definition) is 2. The number of carbonyl (C=O) groups is 2. The maximum atomic E-state index is 12.8. The normalized spacial score (nSPS) is 29.9. The Bertz CT molecular complexity index is 596. The Labute approximate surface area is 145 Å². The number of likely N-dealkylation sites (N-methyl/N-ethyl adjacent to an activating group) is 1. The van der Waals surface area contributed by atoms with Crippen LogP contribution in [0.2, 0.25) is 0 Å². The monoisotopic (exact) mass is 381 g/mol. The van der Waals surface area contributed by atoms with E-state index >= 15 is 0 Å². The van der Waals surface area contributed by atoms with Crippen molar-refractivity contribution in [1.82, 2.24) is 0 Å². The van der Waals surface area contributed by atoms with Gasteiger partial charge in [-0.05, 0) is 24.3 Å². The number of nitrogens with one attached hydrogen (secondary N) is 2. The van der Waals surface area contributed by atoms with Crippen LogP contribution in [-0.4, -0.2) is 51.1 Å². The maximum Gasteiger partial charge on any atom is 0.292 e. The summed E-state index contributed by atoms with van der Waals surface area (Å²) in [5.74, 6) is -0.138. The second kappa shape index (κ2) is 6.71. The highest BCUT2D eigenvalue weighted by atomic mass is 79.9. The second-order valence-corrected chi connectivity index (χ2v) is 7.69. The zero-order valence-corrected chi connectivity index (χ0v) is 15.2. The summed E-state index contributed by atoms with van der Waals surface area (Å²) in [4.78, 5) is 29.3. The van der Waals surface area contributed by atoms with E-state index in [1.54, 1.807) is 4.90 Å². The van der Waals surface area contributed by atoms with Crippen LogP contribution in [0.3, 0.4) is 0 Å². The van der Waals surface area contributed by atoms with Gasteiger partial charge in [-0.15, -0.1) is 0 Å². The van der Waals surface area contributed by atoms with Crippen LogP contribution in [0.15, 0.2) is 28.7 Å². The number of benzene rings is 1. The number of nitrogens with zero attached hydrogens (tertiary/aromatic N) is 1.